The summed E-state index contributed by atoms with van der Waals surface area (Å²) in [4.78, 5) is 31.7. The predicted octanol–water partition coefficient (Wildman–Crippen LogP) is 5.53. The van der Waals surface area contributed by atoms with Crippen LogP contribution in [0.5, 0.6) is 0 Å². The molecular formula is C22H25F3N2O3S. The molecule has 0 N–H and O–H groups in total. The number of halogens is 3. The van der Waals surface area contributed by atoms with Crippen LogP contribution in [0.3, 0.4) is 0 Å². The number of aryl methyl sites for hydroxylation is 1. The SMILES string of the molecule is CCOC(=O)c1sc(N(Cc2ccccc2)C(=O)C2CCCC(C(F)(F)F)C2)nc1C. The van der Waals surface area contributed by atoms with Crippen LogP contribution < -0.4 is 4.90 Å². The molecule has 1 saturated carbocycles. The Morgan fingerprint density at radius 2 is 1.94 bits per heavy atom. The number of esters is 1. The van der Waals surface area contributed by atoms with Gasteiger partial charge in [0.25, 0.3) is 0 Å². The maximum absolute atomic E-state index is 13.4. The zero-order chi connectivity index (χ0) is 22.6. The zero-order valence-corrected chi connectivity index (χ0v) is 18.3. The fourth-order valence-electron chi connectivity index (χ4n) is 3.82. The Hall–Kier alpha value is -2.42. The van der Waals surface area contributed by atoms with Gasteiger partial charge >= 0.3 is 12.1 Å². The van der Waals surface area contributed by atoms with E-state index >= 15 is 0 Å². The summed E-state index contributed by atoms with van der Waals surface area (Å²) >= 11 is 1.03. The van der Waals surface area contributed by atoms with E-state index in [0.717, 1.165) is 16.9 Å². The Labute approximate surface area is 183 Å². The van der Waals surface area contributed by atoms with E-state index < -0.39 is 24.0 Å². The third-order valence-electron chi connectivity index (χ3n) is 5.41. The Morgan fingerprint density at radius 3 is 2.58 bits per heavy atom. The molecular weight excluding hydrogens is 429 g/mol. The first-order valence-electron chi connectivity index (χ1n) is 10.3. The molecule has 0 aliphatic heterocycles. The minimum atomic E-state index is -4.31. The second-order valence-corrected chi connectivity index (χ2v) is 8.62. The molecule has 1 aliphatic rings. The zero-order valence-electron chi connectivity index (χ0n) is 17.4. The lowest BCUT2D eigenvalue weighted by Gasteiger charge is -2.32. The van der Waals surface area contributed by atoms with Gasteiger partial charge in [0.2, 0.25) is 5.91 Å². The van der Waals surface area contributed by atoms with Gasteiger partial charge in [-0.15, -0.1) is 0 Å². The van der Waals surface area contributed by atoms with Crippen LogP contribution in [0.4, 0.5) is 18.3 Å². The average molecular weight is 455 g/mol. The fourth-order valence-corrected chi connectivity index (χ4v) is 4.79. The van der Waals surface area contributed by atoms with Gasteiger partial charge in [-0.25, -0.2) is 9.78 Å². The Bertz CT molecular complexity index is 914. The third kappa shape index (κ3) is 5.64. The van der Waals surface area contributed by atoms with E-state index in [2.05, 4.69) is 4.98 Å². The van der Waals surface area contributed by atoms with Crippen molar-refractivity contribution in [2.75, 3.05) is 11.5 Å². The number of nitrogens with zero attached hydrogens (tertiary/aromatic N) is 2. The van der Waals surface area contributed by atoms with Crippen molar-refractivity contribution < 1.29 is 27.5 Å². The van der Waals surface area contributed by atoms with E-state index in [-0.39, 0.29) is 31.9 Å². The van der Waals surface area contributed by atoms with Crippen LogP contribution in [0, 0.1) is 18.8 Å². The molecule has 1 aromatic heterocycles. The van der Waals surface area contributed by atoms with Crippen molar-refractivity contribution in [1.29, 1.82) is 0 Å². The van der Waals surface area contributed by atoms with Crippen molar-refractivity contribution >= 4 is 28.3 Å². The number of hydrogen-bond donors (Lipinski definition) is 0. The molecule has 5 nitrogen and oxygen atoms in total. The van der Waals surface area contributed by atoms with Crippen molar-refractivity contribution in [2.24, 2.45) is 11.8 Å². The minimum absolute atomic E-state index is 0.0509. The van der Waals surface area contributed by atoms with E-state index in [1.807, 2.05) is 30.3 Å². The molecule has 0 saturated heterocycles. The summed E-state index contributed by atoms with van der Waals surface area (Å²) in [6.07, 6.45) is -3.72. The van der Waals surface area contributed by atoms with E-state index in [4.69, 9.17) is 4.74 Å². The summed E-state index contributed by atoms with van der Waals surface area (Å²) < 4.78 is 44.9. The molecule has 1 amide bonds. The highest BCUT2D eigenvalue weighted by atomic mass is 32.1. The molecule has 31 heavy (non-hydrogen) atoms. The first kappa shape index (κ1) is 23.2. The molecule has 0 radical (unpaired) electrons. The fraction of sp³-hybridized carbons (Fsp3) is 0.500. The standard InChI is InChI=1S/C22H25F3N2O3S/c1-3-30-20(29)18-14(2)26-21(31-18)27(13-15-8-5-4-6-9-15)19(28)16-10-7-11-17(12-16)22(23,24)25/h4-6,8-9,16-17H,3,7,10-13H2,1-2H3. The molecule has 1 aromatic carbocycles. The number of anilines is 1. The van der Waals surface area contributed by atoms with E-state index in [0.29, 0.717) is 28.5 Å². The molecule has 3 rings (SSSR count). The van der Waals surface area contributed by atoms with Gasteiger partial charge in [0, 0.05) is 5.92 Å². The maximum atomic E-state index is 13.4. The Kier molecular flexibility index (Phi) is 7.35. The minimum Gasteiger partial charge on any atom is -0.462 e. The number of aromatic nitrogens is 1. The lowest BCUT2D eigenvalue weighted by atomic mass is 9.80. The topological polar surface area (TPSA) is 59.5 Å². The lowest BCUT2D eigenvalue weighted by molar-refractivity contribution is -0.186. The lowest BCUT2D eigenvalue weighted by Crippen LogP contribution is -2.40. The molecule has 2 atom stereocenters. The number of carbonyl (C=O) groups is 2. The third-order valence-corrected chi connectivity index (χ3v) is 6.57. The number of alkyl halides is 3. The number of amides is 1. The Morgan fingerprint density at radius 1 is 1.23 bits per heavy atom. The summed E-state index contributed by atoms with van der Waals surface area (Å²) in [5.41, 5.74) is 1.26. The molecule has 2 unspecified atom stereocenters. The van der Waals surface area contributed by atoms with Crippen molar-refractivity contribution in [2.45, 2.75) is 52.3 Å². The van der Waals surface area contributed by atoms with Gasteiger partial charge < -0.3 is 4.74 Å². The van der Waals surface area contributed by atoms with Crippen molar-refractivity contribution in [3.63, 3.8) is 0 Å². The van der Waals surface area contributed by atoms with Crippen molar-refractivity contribution in [3.05, 3.63) is 46.5 Å². The molecule has 0 spiro atoms. The largest absolute Gasteiger partial charge is 0.462 e. The molecule has 9 heteroatoms. The van der Waals surface area contributed by atoms with Crippen LogP contribution in [0.25, 0.3) is 0 Å². The van der Waals surface area contributed by atoms with Crippen LogP contribution in [-0.2, 0) is 16.1 Å². The first-order valence-corrected chi connectivity index (χ1v) is 11.1. The first-order chi connectivity index (χ1) is 14.7. The molecule has 1 fully saturated rings. The quantitative estimate of drug-likeness (QED) is 0.539. The monoisotopic (exact) mass is 454 g/mol. The van der Waals surface area contributed by atoms with Crippen LogP contribution in [0.1, 0.15) is 53.5 Å². The van der Waals surface area contributed by atoms with Crippen LogP contribution in [0.15, 0.2) is 30.3 Å². The normalized spacial score (nSPS) is 19.1. The van der Waals surface area contributed by atoms with Gasteiger partial charge in [0.05, 0.1) is 24.8 Å². The van der Waals surface area contributed by atoms with E-state index in [9.17, 15) is 22.8 Å². The number of ether oxygens (including phenoxy) is 1. The van der Waals surface area contributed by atoms with Crippen molar-refractivity contribution in [1.82, 2.24) is 4.98 Å². The number of rotatable bonds is 6. The summed E-state index contributed by atoms with van der Waals surface area (Å²) in [7, 11) is 0. The van der Waals surface area contributed by atoms with Crippen molar-refractivity contribution in [3.8, 4) is 0 Å². The highest BCUT2D eigenvalue weighted by Gasteiger charge is 2.44. The van der Waals surface area contributed by atoms with Gasteiger partial charge in [0.15, 0.2) is 5.13 Å². The molecule has 1 aliphatic carbocycles. The van der Waals surface area contributed by atoms with E-state index in [1.54, 1.807) is 13.8 Å². The number of carbonyl (C=O) groups excluding carboxylic acids is 2. The van der Waals surface area contributed by atoms with E-state index in [1.165, 1.54) is 4.90 Å². The highest BCUT2D eigenvalue weighted by Crippen LogP contribution is 2.41. The van der Waals surface area contributed by atoms with Gasteiger partial charge in [-0.05, 0) is 38.7 Å². The van der Waals surface area contributed by atoms with Gasteiger partial charge in [-0.3, -0.25) is 9.69 Å². The molecule has 168 valence electrons. The van der Waals surface area contributed by atoms with Gasteiger partial charge in [-0.1, -0.05) is 48.1 Å². The number of benzene rings is 1. The second kappa shape index (κ2) is 9.80. The number of hydrogen-bond acceptors (Lipinski definition) is 5. The predicted molar refractivity (Wildman–Crippen MR) is 112 cm³/mol. The van der Waals surface area contributed by atoms with Gasteiger partial charge in [0.1, 0.15) is 4.88 Å². The highest BCUT2D eigenvalue weighted by molar-refractivity contribution is 7.17. The van der Waals surface area contributed by atoms with Gasteiger partial charge in [-0.2, -0.15) is 13.2 Å². The smallest absolute Gasteiger partial charge is 0.391 e. The van der Waals surface area contributed by atoms with Crippen LogP contribution >= 0.6 is 11.3 Å². The molecule has 1 heterocycles. The second-order valence-electron chi connectivity index (χ2n) is 7.64. The summed E-state index contributed by atoms with van der Waals surface area (Å²) in [5, 5.41) is 0.295. The Balaban J connectivity index is 1.91. The maximum Gasteiger partial charge on any atom is 0.391 e. The number of thiazole rings is 1. The summed E-state index contributed by atoms with van der Waals surface area (Å²) in [6.45, 7) is 3.72. The average Bonchev–Trinajstić information content (AvgIpc) is 3.13. The molecule has 2 aromatic rings. The molecule has 0 bridgehead atoms. The van der Waals surface area contributed by atoms with Crippen LogP contribution in [-0.4, -0.2) is 29.6 Å². The summed E-state index contributed by atoms with van der Waals surface area (Å²) in [6, 6.07) is 9.18. The summed E-state index contributed by atoms with van der Waals surface area (Å²) in [5.74, 6) is -3.12. The van der Waals surface area contributed by atoms with Crippen LogP contribution in [0.2, 0.25) is 0 Å².